The van der Waals surface area contributed by atoms with Crippen molar-refractivity contribution in [3.05, 3.63) is 24.3 Å². The highest BCUT2D eigenvalue weighted by molar-refractivity contribution is 7.45. The lowest BCUT2D eigenvalue weighted by atomic mass is 10.0. The number of carbonyl (C=O) groups excluding carboxylic acids is 1. The molecule has 0 aliphatic carbocycles. The van der Waals surface area contributed by atoms with Gasteiger partial charge >= 0.3 is 0 Å². The second-order valence-electron chi connectivity index (χ2n) is 15.7. The SMILES string of the molecule is CCCCC/C=C\C/C=C\CCCCCCCC(=O)NC(COP(=O)([O-])OCC[N+](C)(C)C)C(O)CCCCCCCCCCCCCCCC. The summed E-state index contributed by atoms with van der Waals surface area (Å²) in [6.45, 7) is 4.67. The molecule has 0 spiro atoms. The summed E-state index contributed by atoms with van der Waals surface area (Å²) in [5.74, 6) is -0.180. The minimum Gasteiger partial charge on any atom is -0.756 e. The molecule has 0 heterocycles. The molecule has 8 nitrogen and oxygen atoms in total. The largest absolute Gasteiger partial charge is 0.756 e. The summed E-state index contributed by atoms with van der Waals surface area (Å²) in [5, 5.41) is 13.9. The van der Waals surface area contributed by atoms with Crippen molar-refractivity contribution < 1.29 is 32.9 Å². The van der Waals surface area contributed by atoms with Gasteiger partial charge in [0.25, 0.3) is 7.82 Å². The fourth-order valence-electron chi connectivity index (χ4n) is 6.01. The molecular weight excluding hydrogens is 659 g/mol. The Hall–Kier alpha value is -1.02. The van der Waals surface area contributed by atoms with E-state index in [0.717, 1.165) is 64.2 Å². The van der Waals surface area contributed by atoms with Crippen LogP contribution in [0.2, 0.25) is 0 Å². The molecule has 0 aliphatic rings. The zero-order valence-electron chi connectivity index (χ0n) is 34.1. The lowest BCUT2D eigenvalue weighted by Crippen LogP contribution is -2.46. The molecule has 0 aromatic carbocycles. The third-order valence-corrected chi connectivity index (χ3v) is 10.4. The van der Waals surface area contributed by atoms with Gasteiger partial charge in [0, 0.05) is 6.42 Å². The maximum atomic E-state index is 12.8. The number of aliphatic hydroxyl groups is 1. The highest BCUT2D eigenvalue weighted by Crippen LogP contribution is 2.38. The number of hydrogen-bond donors (Lipinski definition) is 2. The Balaban J connectivity index is 4.43. The minimum atomic E-state index is -4.56. The second kappa shape index (κ2) is 34.7. The Kier molecular flexibility index (Phi) is 34.0. The van der Waals surface area contributed by atoms with E-state index < -0.39 is 20.0 Å². The molecular formula is C42H83N2O6P. The third-order valence-electron chi connectivity index (χ3n) is 9.44. The molecule has 3 atom stereocenters. The topological polar surface area (TPSA) is 108 Å². The van der Waals surface area contributed by atoms with Crippen molar-refractivity contribution in [2.24, 2.45) is 0 Å². The molecule has 0 aliphatic heterocycles. The van der Waals surface area contributed by atoms with Crippen molar-refractivity contribution in [1.82, 2.24) is 5.32 Å². The van der Waals surface area contributed by atoms with Gasteiger partial charge in [-0.05, 0) is 44.9 Å². The summed E-state index contributed by atoms with van der Waals surface area (Å²) >= 11 is 0. The van der Waals surface area contributed by atoms with Crippen LogP contribution in [0.25, 0.3) is 0 Å². The molecule has 0 aromatic rings. The van der Waals surface area contributed by atoms with E-state index in [4.69, 9.17) is 9.05 Å². The van der Waals surface area contributed by atoms with Crippen LogP contribution in [0, 0.1) is 0 Å². The smallest absolute Gasteiger partial charge is 0.268 e. The molecule has 0 radical (unpaired) electrons. The third kappa shape index (κ3) is 37.1. The first kappa shape index (κ1) is 50.0. The van der Waals surface area contributed by atoms with Gasteiger partial charge < -0.3 is 28.8 Å². The molecule has 0 rings (SSSR count). The van der Waals surface area contributed by atoms with Crippen molar-refractivity contribution in [2.45, 2.75) is 199 Å². The van der Waals surface area contributed by atoms with Crippen LogP contribution in [0.4, 0.5) is 0 Å². The number of amides is 1. The summed E-state index contributed by atoms with van der Waals surface area (Å²) in [6, 6.07) is -0.804. The number of quaternary nitrogens is 1. The first-order valence-electron chi connectivity index (χ1n) is 21.2. The number of carbonyl (C=O) groups is 1. The maximum absolute atomic E-state index is 12.8. The monoisotopic (exact) mass is 743 g/mol. The van der Waals surface area contributed by atoms with Crippen molar-refractivity contribution in [3.8, 4) is 0 Å². The number of aliphatic hydroxyl groups excluding tert-OH is 1. The van der Waals surface area contributed by atoms with Crippen LogP contribution < -0.4 is 10.2 Å². The summed E-state index contributed by atoms with van der Waals surface area (Å²) in [5.41, 5.74) is 0. The Morgan fingerprint density at radius 1 is 0.686 bits per heavy atom. The average molecular weight is 743 g/mol. The summed E-state index contributed by atoms with van der Waals surface area (Å²) in [6.07, 6.45) is 38.8. The Morgan fingerprint density at radius 2 is 1.14 bits per heavy atom. The molecule has 0 saturated heterocycles. The van der Waals surface area contributed by atoms with E-state index in [2.05, 4.69) is 43.5 Å². The average Bonchev–Trinajstić information content (AvgIpc) is 3.07. The van der Waals surface area contributed by atoms with Crippen LogP contribution >= 0.6 is 7.82 Å². The van der Waals surface area contributed by atoms with E-state index in [9.17, 15) is 19.4 Å². The zero-order chi connectivity index (χ0) is 37.9. The molecule has 2 N–H and O–H groups in total. The van der Waals surface area contributed by atoms with Gasteiger partial charge in [-0.3, -0.25) is 9.36 Å². The summed E-state index contributed by atoms with van der Waals surface area (Å²) < 4.78 is 23.2. The van der Waals surface area contributed by atoms with Gasteiger partial charge in [-0.25, -0.2) is 0 Å². The van der Waals surface area contributed by atoms with Crippen LogP contribution in [-0.4, -0.2) is 68.5 Å². The highest BCUT2D eigenvalue weighted by atomic mass is 31.2. The first-order valence-corrected chi connectivity index (χ1v) is 22.6. The van der Waals surface area contributed by atoms with E-state index in [-0.39, 0.29) is 19.1 Å². The fourth-order valence-corrected chi connectivity index (χ4v) is 6.73. The Bertz CT molecular complexity index is 891. The van der Waals surface area contributed by atoms with E-state index >= 15 is 0 Å². The van der Waals surface area contributed by atoms with Crippen molar-refractivity contribution in [1.29, 1.82) is 0 Å². The number of rotatable bonds is 38. The Morgan fingerprint density at radius 3 is 1.67 bits per heavy atom. The molecule has 0 saturated carbocycles. The highest BCUT2D eigenvalue weighted by Gasteiger charge is 2.24. The number of phosphoric ester groups is 1. The van der Waals surface area contributed by atoms with Gasteiger partial charge in [0.2, 0.25) is 5.91 Å². The normalized spacial score (nSPS) is 14.7. The van der Waals surface area contributed by atoms with Gasteiger partial charge in [0.15, 0.2) is 0 Å². The van der Waals surface area contributed by atoms with Crippen molar-refractivity contribution >= 4 is 13.7 Å². The van der Waals surface area contributed by atoms with Crippen LogP contribution in [0.1, 0.15) is 187 Å². The lowest BCUT2D eigenvalue weighted by Gasteiger charge is -2.30. The Labute approximate surface area is 315 Å². The van der Waals surface area contributed by atoms with Crippen LogP contribution in [0.5, 0.6) is 0 Å². The quantitative estimate of drug-likeness (QED) is 0.0282. The number of likely N-dealkylation sites (N-methyl/N-ethyl adjacent to an activating group) is 1. The molecule has 0 bridgehead atoms. The first-order chi connectivity index (χ1) is 24.5. The fraction of sp³-hybridized carbons (Fsp3) is 0.881. The molecule has 9 heteroatoms. The van der Waals surface area contributed by atoms with Gasteiger partial charge in [-0.15, -0.1) is 0 Å². The molecule has 51 heavy (non-hydrogen) atoms. The second-order valence-corrected chi connectivity index (χ2v) is 17.1. The molecule has 0 aromatic heterocycles. The summed E-state index contributed by atoms with van der Waals surface area (Å²) in [7, 11) is 1.29. The predicted molar refractivity (Wildman–Crippen MR) is 215 cm³/mol. The maximum Gasteiger partial charge on any atom is 0.268 e. The van der Waals surface area contributed by atoms with E-state index in [1.807, 2.05) is 21.1 Å². The van der Waals surface area contributed by atoms with E-state index in [0.29, 0.717) is 23.9 Å². The number of nitrogens with zero attached hydrogens (tertiary/aromatic N) is 1. The number of phosphoric acid groups is 1. The number of hydrogen-bond acceptors (Lipinski definition) is 6. The van der Waals surface area contributed by atoms with E-state index in [1.54, 1.807) is 0 Å². The van der Waals surface area contributed by atoms with E-state index in [1.165, 1.54) is 96.3 Å². The molecule has 3 unspecified atom stereocenters. The lowest BCUT2D eigenvalue weighted by molar-refractivity contribution is -0.870. The minimum absolute atomic E-state index is 0.00965. The zero-order valence-corrected chi connectivity index (χ0v) is 35.0. The van der Waals surface area contributed by atoms with Crippen molar-refractivity contribution in [2.75, 3.05) is 40.9 Å². The van der Waals surface area contributed by atoms with Crippen LogP contribution in [0.15, 0.2) is 24.3 Å². The number of allylic oxidation sites excluding steroid dienone is 4. The van der Waals surface area contributed by atoms with Gasteiger partial charge in [0.05, 0.1) is 39.9 Å². The number of unbranched alkanes of at least 4 members (excludes halogenated alkanes) is 21. The van der Waals surface area contributed by atoms with Crippen LogP contribution in [0.3, 0.4) is 0 Å². The molecule has 302 valence electrons. The molecule has 0 fully saturated rings. The standard InChI is InChI=1S/C42H83N2O6P/c1-6-8-10-12-14-16-18-20-22-24-26-28-30-32-34-36-42(46)43-40(39-50-51(47,48)49-38-37-44(3,4)5)41(45)35-33-31-29-27-25-23-21-19-17-15-13-11-9-7-2/h14,16,20,22,40-41,45H,6-13,15,17-19,21,23-39H2,1-5H3,(H-,43,46,47,48)/b16-14-,22-20-. The number of nitrogens with one attached hydrogen (secondary N) is 1. The summed E-state index contributed by atoms with van der Waals surface area (Å²) in [4.78, 5) is 25.3. The van der Waals surface area contributed by atoms with Gasteiger partial charge in [0.1, 0.15) is 13.2 Å². The predicted octanol–water partition coefficient (Wildman–Crippen LogP) is 10.7. The van der Waals surface area contributed by atoms with Gasteiger partial charge in [-0.1, -0.05) is 160 Å². The van der Waals surface area contributed by atoms with Crippen molar-refractivity contribution in [3.63, 3.8) is 0 Å². The van der Waals surface area contributed by atoms with Gasteiger partial charge in [-0.2, -0.15) is 0 Å². The van der Waals surface area contributed by atoms with Crippen LogP contribution in [-0.2, 0) is 18.4 Å². The molecule has 1 amide bonds.